The van der Waals surface area contributed by atoms with Gasteiger partial charge >= 0.3 is 0 Å². The minimum Gasteiger partial charge on any atom is -0.411 e. The van der Waals surface area contributed by atoms with Crippen LogP contribution in [0, 0.1) is 0 Å². The second-order valence-corrected chi connectivity index (χ2v) is 8.78. The maximum atomic E-state index is 5.93. The van der Waals surface area contributed by atoms with Gasteiger partial charge in [-0.05, 0) is 39.4 Å². The van der Waals surface area contributed by atoms with Gasteiger partial charge in [0.1, 0.15) is 0 Å². The van der Waals surface area contributed by atoms with Crippen molar-refractivity contribution in [2.45, 2.75) is 45.5 Å². The van der Waals surface area contributed by atoms with Crippen molar-refractivity contribution in [1.29, 1.82) is 0 Å². The molecule has 1 rings (SSSR count). The molecule has 1 atom stereocenters. The molecule has 0 radical (unpaired) electrons. The third kappa shape index (κ3) is 3.21. The zero-order valence-corrected chi connectivity index (χ0v) is 8.98. The standard InChI is InChI=1S/C9H18OSi/c1-8-5-6-9(7-8)10-11(2,3)4/h7,9H,5-6H2,1-4H3. The molecule has 0 spiro atoms. The van der Waals surface area contributed by atoms with E-state index in [0.717, 1.165) is 0 Å². The molecule has 0 aromatic rings. The molecule has 0 saturated carbocycles. The van der Waals surface area contributed by atoms with Gasteiger partial charge in [0.2, 0.25) is 0 Å². The molecular weight excluding hydrogens is 152 g/mol. The lowest BCUT2D eigenvalue weighted by atomic mass is 10.3. The van der Waals surface area contributed by atoms with Gasteiger partial charge in [0.15, 0.2) is 8.32 Å². The molecule has 0 aliphatic heterocycles. The summed E-state index contributed by atoms with van der Waals surface area (Å²) < 4.78 is 5.93. The summed E-state index contributed by atoms with van der Waals surface area (Å²) in [7, 11) is -1.30. The Labute approximate surface area is 70.6 Å². The van der Waals surface area contributed by atoms with Crippen LogP contribution in [0.2, 0.25) is 19.6 Å². The van der Waals surface area contributed by atoms with Gasteiger partial charge in [-0.3, -0.25) is 0 Å². The van der Waals surface area contributed by atoms with Crippen molar-refractivity contribution < 1.29 is 4.43 Å². The van der Waals surface area contributed by atoms with Crippen LogP contribution >= 0.6 is 0 Å². The second kappa shape index (κ2) is 3.11. The van der Waals surface area contributed by atoms with Crippen molar-refractivity contribution in [2.24, 2.45) is 0 Å². The third-order valence-corrected chi connectivity index (χ3v) is 2.81. The summed E-state index contributed by atoms with van der Waals surface area (Å²) in [6.07, 6.45) is 5.14. The Morgan fingerprint density at radius 2 is 2.09 bits per heavy atom. The van der Waals surface area contributed by atoms with Crippen LogP contribution in [0.1, 0.15) is 19.8 Å². The van der Waals surface area contributed by atoms with Crippen molar-refractivity contribution in [1.82, 2.24) is 0 Å². The average Bonchev–Trinajstić information content (AvgIpc) is 2.10. The molecule has 0 aromatic heterocycles. The Bertz CT molecular complexity index is 167. The summed E-state index contributed by atoms with van der Waals surface area (Å²) in [6, 6.07) is 0. The summed E-state index contributed by atoms with van der Waals surface area (Å²) in [6.45, 7) is 8.92. The maximum Gasteiger partial charge on any atom is 0.184 e. The Kier molecular flexibility index (Phi) is 2.55. The van der Waals surface area contributed by atoms with E-state index in [4.69, 9.17) is 4.43 Å². The van der Waals surface area contributed by atoms with Crippen LogP contribution in [0.5, 0.6) is 0 Å². The average molecular weight is 170 g/mol. The highest BCUT2D eigenvalue weighted by Crippen LogP contribution is 2.22. The topological polar surface area (TPSA) is 9.23 Å². The Morgan fingerprint density at radius 3 is 2.45 bits per heavy atom. The molecule has 0 N–H and O–H groups in total. The molecule has 0 bridgehead atoms. The lowest BCUT2D eigenvalue weighted by molar-refractivity contribution is 0.241. The molecule has 0 heterocycles. The molecule has 1 unspecified atom stereocenters. The highest BCUT2D eigenvalue weighted by atomic mass is 28.4. The van der Waals surface area contributed by atoms with Gasteiger partial charge in [-0.15, -0.1) is 0 Å². The van der Waals surface area contributed by atoms with Crippen molar-refractivity contribution in [3.63, 3.8) is 0 Å². The minimum atomic E-state index is -1.30. The largest absolute Gasteiger partial charge is 0.411 e. The first-order valence-electron chi connectivity index (χ1n) is 4.32. The molecule has 0 fully saturated rings. The number of allylic oxidation sites excluding steroid dienone is 1. The molecule has 11 heavy (non-hydrogen) atoms. The van der Waals surface area contributed by atoms with Gasteiger partial charge in [-0.2, -0.15) is 0 Å². The van der Waals surface area contributed by atoms with Crippen molar-refractivity contribution >= 4 is 8.32 Å². The Morgan fingerprint density at radius 1 is 1.45 bits per heavy atom. The van der Waals surface area contributed by atoms with Gasteiger partial charge in [0, 0.05) is 0 Å². The van der Waals surface area contributed by atoms with E-state index in [-0.39, 0.29) is 0 Å². The second-order valence-electron chi connectivity index (χ2n) is 4.32. The smallest absolute Gasteiger partial charge is 0.184 e. The lowest BCUT2D eigenvalue weighted by Gasteiger charge is -2.21. The molecule has 1 aliphatic carbocycles. The van der Waals surface area contributed by atoms with Crippen LogP contribution in [0.15, 0.2) is 11.6 Å². The molecule has 1 aliphatic rings. The van der Waals surface area contributed by atoms with Crippen molar-refractivity contribution in [3.05, 3.63) is 11.6 Å². The van der Waals surface area contributed by atoms with E-state index in [1.807, 2.05) is 0 Å². The monoisotopic (exact) mass is 170 g/mol. The van der Waals surface area contributed by atoms with E-state index in [1.165, 1.54) is 18.4 Å². The Balaban J connectivity index is 2.40. The van der Waals surface area contributed by atoms with E-state index >= 15 is 0 Å². The van der Waals surface area contributed by atoms with Crippen LogP contribution in [-0.4, -0.2) is 14.4 Å². The fraction of sp³-hybridized carbons (Fsp3) is 0.778. The van der Waals surface area contributed by atoms with Gasteiger partial charge in [-0.25, -0.2) is 0 Å². The molecule has 0 amide bonds. The van der Waals surface area contributed by atoms with Crippen molar-refractivity contribution in [2.75, 3.05) is 0 Å². The van der Waals surface area contributed by atoms with E-state index in [0.29, 0.717) is 6.10 Å². The summed E-state index contributed by atoms with van der Waals surface area (Å²) >= 11 is 0. The van der Waals surface area contributed by atoms with E-state index in [1.54, 1.807) is 0 Å². The molecular formula is C9H18OSi. The van der Waals surface area contributed by atoms with Gasteiger partial charge in [0.05, 0.1) is 6.10 Å². The molecule has 2 heteroatoms. The van der Waals surface area contributed by atoms with Gasteiger partial charge in [-0.1, -0.05) is 11.6 Å². The molecule has 1 nitrogen and oxygen atoms in total. The highest BCUT2D eigenvalue weighted by molar-refractivity contribution is 6.69. The van der Waals surface area contributed by atoms with Crippen LogP contribution in [-0.2, 0) is 4.43 Å². The fourth-order valence-corrected chi connectivity index (χ4v) is 2.50. The quantitative estimate of drug-likeness (QED) is 0.457. The van der Waals surface area contributed by atoms with Gasteiger partial charge < -0.3 is 4.43 Å². The normalized spacial score (nSPS) is 25.5. The highest BCUT2D eigenvalue weighted by Gasteiger charge is 2.22. The molecule has 0 saturated heterocycles. The number of hydrogen-bond acceptors (Lipinski definition) is 1. The van der Waals surface area contributed by atoms with E-state index < -0.39 is 8.32 Å². The Hall–Kier alpha value is -0.0831. The predicted molar refractivity (Wildman–Crippen MR) is 51.2 cm³/mol. The minimum absolute atomic E-state index is 0.432. The lowest BCUT2D eigenvalue weighted by Crippen LogP contribution is -2.30. The molecule has 0 aromatic carbocycles. The van der Waals surface area contributed by atoms with E-state index in [2.05, 4.69) is 32.6 Å². The summed E-state index contributed by atoms with van der Waals surface area (Å²) in [5.41, 5.74) is 1.49. The van der Waals surface area contributed by atoms with Crippen LogP contribution in [0.4, 0.5) is 0 Å². The number of hydrogen-bond donors (Lipinski definition) is 0. The summed E-state index contributed by atoms with van der Waals surface area (Å²) in [5.74, 6) is 0. The first kappa shape index (κ1) is 9.01. The third-order valence-electron chi connectivity index (χ3n) is 1.80. The molecule has 64 valence electrons. The van der Waals surface area contributed by atoms with Crippen LogP contribution < -0.4 is 0 Å². The van der Waals surface area contributed by atoms with Crippen LogP contribution in [0.3, 0.4) is 0 Å². The zero-order chi connectivity index (χ0) is 8.48. The first-order chi connectivity index (χ1) is 4.97. The maximum absolute atomic E-state index is 5.93. The fourth-order valence-electron chi connectivity index (χ4n) is 1.40. The zero-order valence-electron chi connectivity index (χ0n) is 7.98. The van der Waals surface area contributed by atoms with Crippen LogP contribution in [0.25, 0.3) is 0 Å². The SMILES string of the molecule is CC1=CC(O[Si](C)(C)C)CC1. The number of rotatable bonds is 2. The summed E-state index contributed by atoms with van der Waals surface area (Å²) in [5, 5.41) is 0. The first-order valence-corrected chi connectivity index (χ1v) is 7.73. The summed E-state index contributed by atoms with van der Waals surface area (Å²) in [4.78, 5) is 0. The van der Waals surface area contributed by atoms with Crippen molar-refractivity contribution in [3.8, 4) is 0 Å². The van der Waals surface area contributed by atoms with E-state index in [9.17, 15) is 0 Å². The van der Waals surface area contributed by atoms with Gasteiger partial charge in [0.25, 0.3) is 0 Å². The predicted octanol–water partition coefficient (Wildman–Crippen LogP) is 2.95.